The molecule has 0 aromatic heterocycles. The van der Waals surface area contributed by atoms with Gasteiger partial charge in [-0.1, -0.05) is 0 Å². The molecule has 2 N–H and O–H groups in total. The van der Waals surface area contributed by atoms with E-state index in [0.717, 1.165) is 0 Å². The first kappa shape index (κ1) is 14.3. The molecule has 18 heavy (non-hydrogen) atoms. The zero-order valence-electron chi connectivity index (χ0n) is 9.16. The number of halogens is 3. The molecule has 0 aromatic carbocycles. The Balaban J connectivity index is 2.67. The third-order valence-corrected chi connectivity index (χ3v) is 2.47. The van der Waals surface area contributed by atoms with Crippen LogP contribution in [-0.4, -0.2) is 53.1 Å². The molecule has 1 fully saturated rings. The highest BCUT2D eigenvalue weighted by molar-refractivity contribution is 5.91. The molecule has 1 saturated heterocycles. The van der Waals surface area contributed by atoms with Crippen LogP contribution < -0.4 is 5.32 Å². The smallest absolute Gasteiger partial charge is 0.471 e. The number of carbonyl (C=O) groups is 3. The van der Waals surface area contributed by atoms with Crippen molar-refractivity contribution in [1.29, 1.82) is 0 Å². The fraction of sp³-hybridized carbons (Fsp3) is 0.667. The summed E-state index contributed by atoms with van der Waals surface area (Å²) in [6, 6.07) is -1.25. The normalized spacial score (nSPS) is 19.7. The molecule has 1 heterocycles. The molecule has 0 aliphatic carbocycles. The molecule has 0 unspecified atom stereocenters. The van der Waals surface area contributed by atoms with Crippen molar-refractivity contribution < 1.29 is 32.7 Å². The van der Waals surface area contributed by atoms with Crippen LogP contribution in [0.5, 0.6) is 0 Å². The van der Waals surface area contributed by atoms with Crippen LogP contribution in [0.15, 0.2) is 0 Å². The Morgan fingerprint density at radius 1 is 1.33 bits per heavy atom. The Labute approximate surface area is 99.7 Å². The van der Waals surface area contributed by atoms with E-state index in [1.54, 1.807) is 0 Å². The highest BCUT2D eigenvalue weighted by Crippen LogP contribution is 2.25. The van der Waals surface area contributed by atoms with Crippen molar-refractivity contribution in [2.75, 3.05) is 13.1 Å². The Bertz CT molecular complexity index is 369. The first-order valence-corrected chi connectivity index (χ1v) is 5.10. The van der Waals surface area contributed by atoms with Crippen LogP contribution in [0.1, 0.15) is 12.8 Å². The van der Waals surface area contributed by atoms with Gasteiger partial charge in [0, 0.05) is 6.54 Å². The van der Waals surface area contributed by atoms with Gasteiger partial charge in [0.2, 0.25) is 5.91 Å². The van der Waals surface area contributed by atoms with Crippen molar-refractivity contribution in [3.8, 4) is 0 Å². The van der Waals surface area contributed by atoms with Crippen LogP contribution in [0.3, 0.4) is 0 Å². The van der Waals surface area contributed by atoms with E-state index in [9.17, 15) is 27.6 Å². The van der Waals surface area contributed by atoms with E-state index in [4.69, 9.17) is 5.11 Å². The van der Waals surface area contributed by atoms with Gasteiger partial charge in [0.15, 0.2) is 0 Å². The summed E-state index contributed by atoms with van der Waals surface area (Å²) in [5.41, 5.74) is 0. The lowest BCUT2D eigenvalue weighted by Crippen LogP contribution is -2.50. The van der Waals surface area contributed by atoms with Gasteiger partial charge in [0.05, 0.1) is 0 Å². The number of hydrogen-bond donors (Lipinski definition) is 2. The largest absolute Gasteiger partial charge is 0.480 e. The monoisotopic (exact) mass is 268 g/mol. The van der Waals surface area contributed by atoms with Crippen LogP contribution in [0.25, 0.3) is 0 Å². The molecular weight excluding hydrogens is 257 g/mol. The number of aliphatic carboxylic acids is 1. The number of hydrogen-bond acceptors (Lipinski definition) is 3. The van der Waals surface area contributed by atoms with E-state index in [-0.39, 0.29) is 19.4 Å². The van der Waals surface area contributed by atoms with Crippen molar-refractivity contribution in [2.24, 2.45) is 0 Å². The maximum absolute atomic E-state index is 12.2. The van der Waals surface area contributed by atoms with Crippen LogP contribution >= 0.6 is 0 Å². The van der Waals surface area contributed by atoms with Gasteiger partial charge in [-0.05, 0) is 12.8 Å². The molecule has 0 saturated carbocycles. The van der Waals surface area contributed by atoms with Gasteiger partial charge in [-0.2, -0.15) is 13.2 Å². The minimum Gasteiger partial charge on any atom is -0.480 e. The van der Waals surface area contributed by atoms with Gasteiger partial charge < -0.3 is 15.3 Å². The van der Waals surface area contributed by atoms with Crippen molar-refractivity contribution >= 4 is 17.8 Å². The minimum absolute atomic E-state index is 0.0905. The van der Waals surface area contributed by atoms with E-state index in [1.165, 1.54) is 0 Å². The minimum atomic E-state index is -5.03. The number of nitrogens with one attached hydrogen (secondary N) is 1. The predicted molar refractivity (Wildman–Crippen MR) is 51.4 cm³/mol. The maximum atomic E-state index is 12.2. The molecule has 1 aliphatic rings. The maximum Gasteiger partial charge on any atom is 0.471 e. The number of likely N-dealkylation sites (tertiary alicyclic amines) is 1. The number of carboxylic acids is 1. The molecule has 0 aromatic rings. The lowest BCUT2D eigenvalue weighted by molar-refractivity contribution is -0.186. The van der Waals surface area contributed by atoms with Gasteiger partial charge in [-0.15, -0.1) is 0 Å². The van der Waals surface area contributed by atoms with Crippen LogP contribution in [0.2, 0.25) is 0 Å². The second-order valence-corrected chi connectivity index (χ2v) is 3.77. The fourth-order valence-corrected chi connectivity index (χ4v) is 1.73. The average molecular weight is 268 g/mol. The van der Waals surface area contributed by atoms with Gasteiger partial charge in [0.1, 0.15) is 12.6 Å². The van der Waals surface area contributed by atoms with Crippen LogP contribution in [-0.2, 0) is 14.4 Å². The highest BCUT2D eigenvalue weighted by atomic mass is 19.4. The number of amides is 2. The summed E-state index contributed by atoms with van der Waals surface area (Å²) in [5, 5.41) is 10.3. The van der Waals surface area contributed by atoms with Gasteiger partial charge in [0.25, 0.3) is 0 Å². The number of nitrogens with zero attached hydrogens (tertiary/aromatic N) is 1. The summed E-state index contributed by atoms with van der Waals surface area (Å²) in [6.07, 6.45) is -4.67. The number of rotatable bonds is 3. The van der Waals surface area contributed by atoms with E-state index < -0.39 is 36.5 Å². The second kappa shape index (κ2) is 5.23. The molecule has 102 valence electrons. The summed E-state index contributed by atoms with van der Waals surface area (Å²) in [7, 11) is 0. The third kappa shape index (κ3) is 3.34. The quantitative estimate of drug-likeness (QED) is 0.738. The lowest BCUT2D eigenvalue weighted by Gasteiger charge is -2.24. The topological polar surface area (TPSA) is 86.7 Å². The number of alkyl halides is 3. The molecule has 0 radical (unpaired) electrons. The zero-order valence-corrected chi connectivity index (χ0v) is 9.16. The molecule has 0 bridgehead atoms. The molecule has 0 spiro atoms. The molecule has 1 atom stereocenters. The van der Waals surface area contributed by atoms with Gasteiger partial charge in [-0.3, -0.25) is 14.4 Å². The number of carbonyl (C=O) groups excluding carboxylic acids is 2. The summed E-state index contributed by atoms with van der Waals surface area (Å²) in [4.78, 5) is 33.1. The van der Waals surface area contributed by atoms with E-state index in [0.29, 0.717) is 4.90 Å². The third-order valence-electron chi connectivity index (χ3n) is 2.47. The Hall–Kier alpha value is -1.80. The van der Waals surface area contributed by atoms with E-state index in [2.05, 4.69) is 0 Å². The molecule has 1 aliphatic heterocycles. The fourth-order valence-electron chi connectivity index (χ4n) is 1.73. The Morgan fingerprint density at radius 2 is 1.94 bits per heavy atom. The highest BCUT2D eigenvalue weighted by Gasteiger charge is 2.47. The van der Waals surface area contributed by atoms with E-state index >= 15 is 0 Å². The number of carboxylic acid groups (broad SMARTS) is 1. The van der Waals surface area contributed by atoms with E-state index in [1.807, 2.05) is 5.32 Å². The molecule has 9 heteroatoms. The summed E-state index contributed by atoms with van der Waals surface area (Å²) >= 11 is 0. The zero-order chi connectivity index (χ0) is 13.9. The molecule has 6 nitrogen and oxygen atoms in total. The lowest BCUT2D eigenvalue weighted by atomic mass is 10.2. The SMILES string of the molecule is O=C(O)CNC(=O)[C@H]1CCCN1C(=O)C(F)(F)F. The molecule has 1 rings (SSSR count). The second-order valence-electron chi connectivity index (χ2n) is 3.77. The average Bonchev–Trinajstić information content (AvgIpc) is 2.71. The Kier molecular flexibility index (Phi) is 4.15. The van der Waals surface area contributed by atoms with Crippen molar-refractivity contribution in [1.82, 2.24) is 10.2 Å². The van der Waals surface area contributed by atoms with Gasteiger partial charge >= 0.3 is 18.1 Å². The van der Waals surface area contributed by atoms with Crippen molar-refractivity contribution in [2.45, 2.75) is 25.1 Å². The summed E-state index contributed by atoms with van der Waals surface area (Å²) in [5.74, 6) is -4.27. The van der Waals surface area contributed by atoms with Crippen LogP contribution in [0.4, 0.5) is 13.2 Å². The molecular formula is C9H11F3N2O4. The first-order chi connectivity index (χ1) is 8.23. The Morgan fingerprint density at radius 3 is 2.44 bits per heavy atom. The predicted octanol–water partition coefficient (Wildman–Crippen LogP) is -0.260. The van der Waals surface area contributed by atoms with Crippen molar-refractivity contribution in [3.63, 3.8) is 0 Å². The molecule has 2 amide bonds. The summed E-state index contributed by atoms with van der Waals surface area (Å²) < 4.78 is 36.7. The van der Waals surface area contributed by atoms with Gasteiger partial charge in [-0.25, -0.2) is 0 Å². The van der Waals surface area contributed by atoms with Crippen LogP contribution in [0, 0.1) is 0 Å². The first-order valence-electron chi connectivity index (χ1n) is 5.10. The summed E-state index contributed by atoms with van der Waals surface area (Å²) in [6.45, 7) is -0.854. The standard InChI is InChI=1S/C9H11F3N2O4/c10-9(11,12)8(18)14-3-1-2-5(14)7(17)13-4-6(15)16/h5H,1-4H2,(H,13,17)(H,15,16)/t5-/m1/s1. The van der Waals surface area contributed by atoms with Crippen molar-refractivity contribution in [3.05, 3.63) is 0 Å².